The van der Waals surface area contributed by atoms with Crippen LogP contribution in [0.25, 0.3) is 174 Å². The maximum atomic E-state index is 2.55. The van der Waals surface area contributed by atoms with Crippen LogP contribution in [0.3, 0.4) is 0 Å². The van der Waals surface area contributed by atoms with Gasteiger partial charge in [0.1, 0.15) is 0 Å². The standard InChI is InChI=1S/C120H84N2S2/c1-119(2)109-71-91(85-48-44-83(45-49-85)81-40-36-79(37-41-81)77-22-9-5-10-23-77)55-64-101(109)103-66-60-96(75-111(103)119)121(113-34-19-17-30-98(113)87-26-13-7-14-27-87)94-58-52-89(53-59-94)100-32-21-33-106-107-70-90(57-68-117(107)124-118(100)106)93-54-63-99(88-28-15-8-16-29-88)114(73-93)122(95-62-69-116-108(74-95)105-31-18-20-35-115(105)123-116)97-61-67-104-102-65-56-92(72-110(102)120(3,4)112(104)76-97)86-50-46-84(47-51-86)82-42-38-80(39-43-82)78-24-11-6-12-25-78/h5-76H,1-4H3. The smallest absolute Gasteiger partial charge is 0.0546 e. The number of thiophene rings is 2. The first kappa shape index (κ1) is 74.3. The van der Waals surface area contributed by atoms with Crippen molar-refractivity contribution in [2.45, 2.75) is 38.5 Å². The van der Waals surface area contributed by atoms with Gasteiger partial charge < -0.3 is 9.80 Å². The fourth-order valence-corrected chi connectivity index (χ4v) is 22.1. The van der Waals surface area contributed by atoms with Crippen LogP contribution in [0.5, 0.6) is 0 Å². The molecule has 0 radical (unpaired) electrons. The van der Waals surface area contributed by atoms with Gasteiger partial charge in [0.05, 0.1) is 11.4 Å². The molecule has 0 saturated carbocycles. The SMILES string of the molecule is CC1(C)c2cc(-c3ccc(-c4ccc(-c5ccccc5)cc4)cc3)ccc2-c2ccc(N(c3ccc(-c4cccc5c4sc4ccc(-c6ccc(-c7ccccc7)c(N(c7ccc8c(c7)C(C)(C)c7cc(-c9ccc(-c%10ccc(-c%11ccccc%11)cc%10)cc9)ccc7-8)c7ccc8sc9ccccc9c8c7)c6)cc45)cc3)c3ccccc3-c3ccccc3)cc21. The molecule has 4 heteroatoms. The van der Waals surface area contributed by atoms with E-state index in [-0.39, 0.29) is 10.8 Å². The number of hydrogen-bond donors (Lipinski definition) is 0. The number of anilines is 6. The maximum Gasteiger partial charge on any atom is 0.0546 e. The van der Waals surface area contributed by atoms with Crippen LogP contribution in [-0.4, -0.2) is 0 Å². The number of rotatable bonds is 16. The molecule has 0 N–H and O–H groups in total. The molecule has 2 aliphatic carbocycles. The Morgan fingerprint density at radius 1 is 0.169 bits per heavy atom. The van der Waals surface area contributed by atoms with Crippen LogP contribution in [0.15, 0.2) is 437 Å². The lowest BCUT2D eigenvalue weighted by atomic mass is 9.81. The first-order valence-electron chi connectivity index (χ1n) is 43.0. The van der Waals surface area contributed by atoms with E-state index in [4.69, 9.17) is 0 Å². The van der Waals surface area contributed by atoms with Crippen molar-refractivity contribution in [3.05, 3.63) is 459 Å². The van der Waals surface area contributed by atoms with Crippen molar-refractivity contribution in [3.8, 4) is 134 Å². The van der Waals surface area contributed by atoms with Crippen molar-refractivity contribution < 1.29 is 0 Å². The lowest BCUT2D eigenvalue weighted by Crippen LogP contribution is -2.17. The van der Waals surface area contributed by atoms with E-state index in [0.717, 1.165) is 50.8 Å². The summed E-state index contributed by atoms with van der Waals surface area (Å²) in [6.07, 6.45) is 0. The average molecular weight is 1620 g/mol. The summed E-state index contributed by atoms with van der Waals surface area (Å²) < 4.78 is 5.09. The molecule has 0 atom stereocenters. The minimum atomic E-state index is -0.308. The van der Waals surface area contributed by atoms with Crippen molar-refractivity contribution >= 4 is 97.1 Å². The normalized spacial score (nSPS) is 12.8. The summed E-state index contributed by atoms with van der Waals surface area (Å²) in [6.45, 7) is 9.64. The van der Waals surface area contributed by atoms with Crippen molar-refractivity contribution in [1.29, 1.82) is 0 Å². The molecule has 0 fully saturated rings. The van der Waals surface area contributed by atoms with Gasteiger partial charge in [0.25, 0.3) is 0 Å². The highest BCUT2D eigenvalue weighted by atomic mass is 32.1. The molecule has 586 valence electrons. The minimum absolute atomic E-state index is 0.277. The number of para-hydroxylation sites is 1. The molecule has 0 spiro atoms. The zero-order chi connectivity index (χ0) is 82.7. The Hall–Kier alpha value is -14.8. The Bertz CT molecular complexity index is 7710. The zero-order valence-electron chi connectivity index (χ0n) is 69.3. The molecule has 21 aromatic rings. The lowest BCUT2D eigenvalue weighted by molar-refractivity contribution is 0.660. The molecular formula is C120H84N2S2. The highest BCUT2D eigenvalue weighted by Gasteiger charge is 2.39. The van der Waals surface area contributed by atoms with Gasteiger partial charge in [-0.15, -0.1) is 22.7 Å². The molecule has 19 aromatic carbocycles. The van der Waals surface area contributed by atoms with E-state index in [1.54, 1.807) is 0 Å². The van der Waals surface area contributed by atoms with E-state index in [2.05, 4.69) is 474 Å². The molecule has 23 rings (SSSR count). The second-order valence-electron chi connectivity index (χ2n) is 34.2. The van der Waals surface area contributed by atoms with Crippen molar-refractivity contribution in [2.75, 3.05) is 9.80 Å². The third-order valence-corrected chi connectivity index (χ3v) is 28.7. The Balaban J connectivity index is 0.578. The van der Waals surface area contributed by atoms with Crippen LogP contribution in [0.1, 0.15) is 49.9 Å². The molecule has 2 aliphatic rings. The van der Waals surface area contributed by atoms with Crippen molar-refractivity contribution in [2.24, 2.45) is 0 Å². The molecule has 124 heavy (non-hydrogen) atoms. The highest BCUT2D eigenvalue weighted by molar-refractivity contribution is 7.26. The van der Waals surface area contributed by atoms with Crippen LogP contribution in [-0.2, 0) is 10.8 Å². The van der Waals surface area contributed by atoms with Gasteiger partial charge in [0.2, 0.25) is 0 Å². The van der Waals surface area contributed by atoms with Crippen LogP contribution < -0.4 is 9.80 Å². The molecule has 0 aliphatic heterocycles. The number of nitrogens with zero attached hydrogens (tertiary/aromatic N) is 2. The summed E-state index contributed by atoms with van der Waals surface area (Å²) in [5.41, 5.74) is 40.5. The minimum Gasteiger partial charge on any atom is -0.310 e. The molecule has 2 aromatic heterocycles. The van der Waals surface area contributed by atoms with Gasteiger partial charge in [-0.3, -0.25) is 0 Å². The van der Waals surface area contributed by atoms with Crippen LogP contribution in [0.4, 0.5) is 34.1 Å². The van der Waals surface area contributed by atoms with Gasteiger partial charge >= 0.3 is 0 Å². The maximum absolute atomic E-state index is 2.55. The third-order valence-electron chi connectivity index (χ3n) is 26.4. The molecule has 2 heterocycles. The zero-order valence-corrected chi connectivity index (χ0v) is 70.9. The van der Waals surface area contributed by atoms with E-state index in [0.29, 0.717) is 0 Å². The van der Waals surface area contributed by atoms with Gasteiger partial charge in [0.15, 0.2) is 0 Å². The van der Waals surface area contributed by atoms with Crippen LogP contribution in [0, 0.1) is 0 Å². The lowest BCUT2D eigenvalue weighted by Gasteiger charge is -2.30. The van der Waals surface area contributed by atoms with Crippen LogP contribution >= 0.6 is 22.7 Å². The Kier molecular flexibility index (Phi) is 18.0. The predicted molar refractivity (Wildman–Crippen MR) is 531 cm³/mol. The molecule has 2 nitrogen and oxygen atoms in total. The van der Waals surface area contributed by atoms with E-state index in [9.17, 15) is 0 Å². The average Bonchev–Trinajstić information content (AvgIpc) is 1.57. The van der Waals surface area contributed by atoms with Crippen LogP contribution in [0.2, 0.25) is 0 Å². The summed E-state index contributed by atoms with van der Waals surface area (Å²) in [6, 6.07) is 163. The quantitative estimate of drug-likeness (QED) is 0.0951. The van der Waals surface area contributed by atoms with Gasteiger partial charge in [0, 0.05) is 85.1 Å². The Labute approximate surface area is 732 Å². The Morgan fingerprint density at radius 2 is 0.468 bits per heavy atom. The number of hydrogen-bond acceptors (Lipinski definition) is 4. The third kappa shape index (κ3) is 12.9. The first-order valence-corrected chi connectivity index (χ1v) is 44.6. The van der Waals surface area contributed by atoms with Gasteiger partial charge in [-0.05, 0) is 242 Å². The second kappa shape index (κ2) is 30.1. The number of benzene rings is 19. The summed E-state index contributed by atoms with van der Waals surface area (Å²) in [4.78, 5) is 5.02. The van der Waals surface area contributed by atoms with Crippen molar-refractivity contribution in [1.82, 2.24) is 0 Å². The summed E-state index contributed by atoms with van der Waals surface area (Å²) in [7, 11) is 0. The van der Waals surface area contributed by atoms with E-state index < -0.39 is 0 Å². The summed E-state index contributed by atoms with van der Waals surface area (Å²) >= 11 is 3.75. The first-order chi connectivity index (χ1) is 60.9. The molecule has 0 saturated heterocycles. The number of fused-ring (bicyclic) bond motifs is 12. The topological polar surface area (TPSA) is 6.48 Å². The largest absolute Gasteiger partial charge is 0.310 e. The Morgan fingerprint density at radius 3 is 0.984 bits per heavy atom. The van der Waals surface area contributed by atoms with E-state index in [1.165, 1.54) is 179 Å². The predicted octanol–water partition coefficient (Wildman–Crippen LogP) is 34.6. The molecule has 0 bridgehead atoms. The van der Waals surface area contributed by atoms with Crippen molar-refractivity contribution in [3.63, 3.8) is 0 Å². The molecular weight excluding hydrogens is 1530 g/mol. The highest BCUT2D eigenvalue weighted by Crippen LogP contribution is 2.56. The monoisotopic (exact) mass is 1620 g/mol. The van der Waals surface area contributed by atoms with Gasteiger partial charge in [-0.1, -0.05) is 367 Å². The molecule has 0 unspecified atom stereocenters. The second-order valence-corrected chi connectivity index (χ2v) is 36.4. The summed E-state index contributed by atoms with van der Waals surface area (Å²) in [5, 5.41) is 5.03. The summed E-state index contributed by atoms with van der Waals surface area (Å²) in [5.74, 6) is 0. The van der Waals surface area contributed by atoms with E-state index in [1.807, 2.05) is 22.7 Å². The fraction of sp³-hybridized carbons (Fsp3) is 0.0500. The van der Waals surface area contributed by atoms with Gasteiger partial charge in [-0.2, -0.15) is 0 Å². The van der Waals surface area contributed by atoms with E-state index >= 15 is 0 Å². The molecule has 0 amide bonds. The fourth-order valence-electron chi connectivity index (χ4n) is 19.8. The van der Waals surface area contributed by atoms with Gasteiger partial charge in [-0.25, -0.2) is 0 Å².